The van der Waals surface area contributed by atoms with Gasteiger partial charge in [0.25, 0.3) is 0 Å². The van der Waals surface area contributed by atoms with E-state index in [1.807, 2.05) is 13.0 Å². The molecule has 0 aromatic heterocycles. The summed E-state index contributed by atoms with van der Waals surface area (Å²) in [6.07, 6.45) is 3.20. The molecule has 2 N–H and O–H groups in total. The zero-order valence-corrected chi connectivity index (χ0v) is 16.4. The van der Waals surface area contributed by atoms with Crippen LogP contribution in [0.2, 0.25) is 0 Å². The highest BCUT2D eigenvalue weighted by Crippen LogP contribution is 2.24. The number of hydrogen-bond donors (Lipinski definition) is 2. The number of esters is 1. The van der Waals surface area contributed by atoms with Crippen molar-refractivity contribution in [3.8, 4) is 0 Å². The summed E-state index contributed by atoms with van der Waals surface area (Å²) >= 11 is 0. The third kappa shape index (κ3) is 8.32. The van der Waals surface area contributed by atoms with Gasteiger partial charge in [-0.25, -0.2) is 4.39 Å². The molecule has 0 saturated carbocycles. The Bertz CT molecular complexity index is 588. The van der Waals surface area contributed by atoms with Crippen molar-refractivity contribution in [2.24, 2.45) is 4.99 Å². The van der Waals surface area contributed by atoms with Crippen LogP contribution in [0.15, 0.2) is 29.3 Å². The van der Waals surface area contributed by atoms with Gasteiger partial charge < -0.3 is 15.4 Å². The van der Waals surface area contributed by atoms with Gasteiger partial charge in [0.1, 0.15) is 5.82 Å². The number of ether oxygens (including phenoxy) is 1. The molecule has 0 unspecified atom stereocenters. The Labute approximate surface area is 156 Å². The topological polar surface area (TPSA) is 62.7 Å². The monoisotopic (exact) mass is 365 g/mol. The second kappa shape index (κ2) is 11.5. The van der Waals surface area contributed by atoms with Crippen LogP contribution in [0.5, 0.6) is 0 Å². The van der Waals surface area contributed by atoms with E-state index in [0.717, 1.165) is 43.9 Å². The molecule has 0 atom stereocenters. The fourth-order valence-electron chi connectivity index (χ4n) is 2.50. The fourth-order valence-corrected chi connectivity index (χ4v) is 2.50. The number of aliphatic imine (C=N–C) groups is 1. The molecule has 0 radical (unpaired) electrons. The van der Waals surface area contributed by atoms with Crippen molar-refractivity contribution < 1.29 is 13.9 Å². The zero-order chi connectivity index (χ0) is 19.4. The Morgan fingerprint density at radius 1 is 1.23 bits per heavy atom. The third-order valence-electron chi connectivity index (χ3n) is 4.16. The van der Waals surface area contributed by atoms with E-state index in [4.69, 9.17) is 0 Å². The number of benzene rings is 1. The van der Waals surface area contributed by atoms with Crippen LogP contribution < -0.4 is 10.6 Å². The first kappa shape index (κ1) is 21.9. The maximum Gasteiger partial charge on any atom is 0.305 e. The molecule has 0 spiro atoms. The number of hydrogen-bond acceptors (Lipinski definition) is 3. The molecule has 0 fully saturated rings. The van der Waals surface area contributed by atoms with Crippen LogP contribution in [0.25, 0.3) is 0 Å². The molecular weight excluding hydrogens is 333 g/mol. The van der Waals surface area contributed by atoms with Crippen molar-refractivity contribution in [3.05, 3.63) is 35.6 Å². The predicted molar refractivity (Wildman–Crippen MR) is 104 cm³/mol. The Morgan fingerprint density at radius 2 is 2.00 bits per heavy atom. The SMILES string of the molecule is CCNC(=NCC(C)(C)c1cccc(F)c1)NCCCCCC(=O)OC. The second-order valence-electron chi connectivity index (χ2n) is 6.90. The van der Waals surface area contributed by atoms with Crippen molar-refractivity contribution >= 4 is 11.9 Å². The van der Waals surface area contributed by atoms with Gasteiger partial charge in [0.15, 0.2) is 5.96 Å². The van der Waals surface area contributed by atoms with E-state index in [2.05, 4.69) is 34.2 Å². The van der Waals surface area contributed by atoms with Crippen LogP contribution in [0.1, 0.15) is 52.0 Å². The summed E-state index contributed by atoms with van der Waals surface area (Å²) in [6.45, 7) is 8.24. The number of carbonyl (C=O) groups excluding carboxylic acids is 1. The molecule has 146 valence electrons. The number of nitrogens with zero attached hydrogens (tertiary/aromatic N) is 1. The number of halogens is 1. The number of rotatable bonds is 10. The smallest absolute Gasteiger partial charge is 0.305 e. The van der Waals surface area contributed by atoms with Gasteiger partial charge in [0, 0.05) is 24.9 Å². The Balaban J connectivity index is 2.48. The normalized spacial score (nSPS) is 12.0. The van der Waals surface area contributed by atoms with E-state index in [1.54, 1.807) is 12.1 Å². The van der Waals surface area contributed by atoms with Crippen LogP contribution in [0.3, 0.4) is 0 Å². The maximum absolute atomic E-state index is 13.5. The first-order chi connectivity index (χ1) is 12.4. The number of methoxy groups -OCH3 is 1. The highest BCUT2D eigenvalue weighted by atomic mass is 19.1. The Hall–Kier alpha value is -2.11. The van der Waals surface area contributed by atoms with Crippen molar-refractivity contribution in [1.82, 2.24) is 10.6 Å². The molecule has 0 amide bonds. The Kier molecular flexibility index (Phi) is 9.70. The van der Waals surface area contributed by atoms with Gasteiger partial charge in [-0.2, -0.15) is 0 Å². The van der Waals surface area contributed by atoms with Crippen molar-refractivity contribution in [2.45, 2.75) is 51.9 Å². The molecule has 0 heterocycles. The van der Waals surface area contributed by atoms with Crippen LogP contribution in [-0.2, 0) is 14.9 Å². The largest absolute Gasteiger partial charge is 0.469 e. The molecule has 1 rings (SSSR count). The van der Waals surface area contributed by atoms with Crippen LogP contribution in [0, 0.1) is 5.82 Å². The highest BCUT2D eigenvalue weighted by molar-refractivity contribution is 5.79. The van der Waals surface area contributed by atoms with Gasteiger partial charge in [0.05, 0.1) is 13.7 Å². The first-order valence-electron chi connectivity index (χ1n) is 9.24. The van der Waals surface area contributed by atoms with Crippen molar-refractivity contribution in [1.29, 1.82) is 0 Å². The molecule has 1 aromatic rings. The lowest BCUT2D eigenvalue weighted by atomic mass is 9.85. The van der Waals surface area contributed by atoms with Crippen LogP contribution in [0.4, 0.5) is 4.39 Å². The zero-order valence-electron chi connectivity index (χ0n) is 16.4. The van der Waals surface area contributed by atoms with E-state index in [1.165, 1.54) is 13.2 Å². The Morgan fingerprint density at radius 3 is 2.65 bits per heavy atom. The lowest BCUT2D eigenvalue weighted by molar-refractivity contribution is -0.140. The lowest BCUT2D eigenvalue weighted by Crippen LogP contribution is -2.39. The molecular formula is C20H32FN3O2. The molecule has 5 nitrogen and oxygen atoms in total. The van der Waals surface area contributed by atoms with Gasteiger partial charge in [-0.15, -0.1) is 0 Å². The maximum atomic E-state index is 13.5. The summed E-state index contributed by atoms with van der Waals surface area (Å²) in [5, 5.41) is 6.53. The molecule has 0 aliphatic carbocycles. The minimum Gasteiger partial charge on any atom is -0.469 e. The summed E-state index contributed by atoms with van der Waals surface area (Å²) in [5.41, 5.74) is 0.672. The van der Waals surface area contributed by atoms with Gasteiger partial charge in [-0.05, 0) is 37.5 Å². The summed E-state index contributed by atoms with van der Waals surface area (Å²) < 4.78 is 18.1. The van der Waals surface area contributed by atoms with Gasteiger partial charge in [-0.3, -0.25) is 9.79 Å². The van der Waals surface area contributed by atoms with E-state index >= 15 is 0 Å². The molecule has 0 bridgehead atoms. The van der Waals surface area contributed by atoms with E-state index < -0.39 is 0 Å². The van der Waals surface area contributed by atoms with E-state index in [0.29, 0.717) is 13.0 Å². The lowest BCUT2D eigenvalue weighted by Gasteiger charge is -2.24. The van der Waals surface area contributed by atoms with Crippen molar-refractivity contribution in [2.75, 3.05) is 26.7 Å². The number of nitrogens with one attached hydrogen (secondary N) is 2. The highest BCUT2D eigenvalue weighted by Gasteiger charge is 2.21. The summed E-state index contributed by atoms with van der Waals surface area (Å²) in [4.78, 5) is 15.7. The first-order valence-corrected chi connectivity index (χ1v) is 9.24. The fraction of sp³-hybridized carbons (Fsp3) is 0.600. The van der Waals surface area contributed by atoms with Gasteiger partial charge >= 0.3 is 5.97 Å². The number of guanidine groups is 1. The van der Waals surface area contributed by atoms with Crippen LogP contribution in [-0.4, -0.2) is 38.7 Å². The molecule has 0 aliphatic rings. The number of carbonyl (C=O) groups is 1. The quantitative estimate of drug-likeness (QED) is 0.289. The number of unbranched alkanes of at least 4 members (excludes halogenated alkanes) is 2. The summed E-state index contributed by atoms with van der Waals surface area (Å²) in [5.74, 6) is 0.369. The minimum atomic E-state index is -0.259. The molecule has 1 aromatic carbocycles. The molecule has 0 saturated heterocycles. The standard InChI is InChI=1S/C20H32FN3O2/c1-5-22-19(23-13-8-6-7-12-18(25)26-4)24-15-20(2,3)16-10-9-11-17(21)14-16/h9-11,14H,5-8,12-13,15H2,1-4H3,(H2,22,23,24). The summed E-state index contributed by atoms with van der Waals surface area (Å²) in [7, 11) is 1.41. The van der Waals surface area contributed by atoms with Crippen molar-refractivity contribution in [3.63, 3.8) is 0 Å². The molecule has 6 heteroatoms. The minimum absolute atomic E-state index is 0.160. The molecule has 0 aliphatic heterocycles. The van der Waals surface area contributed by atoms with E-state index in [-0.39, 0.29) is 17.2 Å². The average Bonchev–Trinajstić information content (AvgIpc) is 2.62. The average molecular weight is 365 g/mol. The second-order valence-corrected chi connectivity index (χ2v) is 6.90. The predicted octanol–water partition coefficient (Wildman–Crippen LogP) is 3.39. The summed E-state index contributed by atoms with van der Waals surface area (Å²) in [6, 6.07) is 6.68. The molecule has 26 heavy (non-hydrogen) atoms. The van der Waals surface area contributed by atoms with Gasteiger partial charge in [0.2, 0.25) is 0 Å². The van der Waals surface area contributed by atoms with Crippen LogP contribution >= 0.6 is 0 Å². The van der Waals surface area contributed by atoms with Gasteiger partial charge in [-0.1, -0.05) is 32.4 Å². The third-order valence-corrected chi connectivity index (χ3v) is 4.16. The van der Waals surface area contributed by atoms with E-state index in [9.17, 15) is 9.18 Å².